The van der Waals surface area contributed by atoms with Crippen molar-refractivity contribution in [2.45, 2.75) is 19.4 Å². The van der Waals surface area contributed by atoms with Crippen LogP contribution in [0.5, 0.6) is 5.75 Å². The van der Waals surface area contributed by atoms with Gasteiger partial charge in [0, 0.05) is 0 Å². The van der Waals surface area contributed by atoms with Crippen molar-refractivity contribution in [1.29, 1.82) is 0 Å². The van der Waals surface area contributed by atoms with Crippen LogP contribution < -0.4 is 4.74 Å². The number of nitrogens with zero attached hydrogens (tertiary/aromatic N) is 2. The molecule has 0 bridgehead atoms. The molecule has 15 heavy (non-hydrogen) atoms. The van der Waals surface area contributed by atoms with Crippen molar-refractivity contribution in [3.8, 4) is 5.75 Å². The third-order valence-corrected chi connectivity index (χ3v) is 2.58. The van der Waals surface area contributed by atoms with E-state index in [2.05, 4.69) is 23.2 Å². The first-order valence-electron chi connectivity index (χ1n) is 4.91. The van der Waals surface area contributed by atoms with Crippen molar-refractivity contribution in [3.63, 3.8) is 0 Å². The lowest BCUT2D eigenvalue weighted by Gasteiger charge is -2.17. The minimum Gasteiger partial charge on any atom is -0.497 e. The fourth-order valence-electron chi connectivity index (χ4n) is 1.72. The fraction of sp³-hybridized carbons (Fsp3) is 0.333. The first kappa shape index (κ1) is 9.90. The van der Waals surface area contributed by atoms with Crippen LogP contribution in [0.25, 0.3) is 0 Å². The molecule has 3 nitrogen and oxygen atoms in total. The molecule has 1 atom stereocenters. The molecule has 0 aromatic heterocycles. The van der Waals surface area contributed by atoms with Crippen LogP contribution >= 0.6 is 0 Å². The zero-order valence-electron chi connectivity index (χ0n) is 9.19. The highest BCUT2D eigenvalue weighted by molar-refractivity contribution is 5.36. The number of benzene rings is 1. The summed E-state index contributed by atoms with van der Waals surface area (Å²) in [6.07, 6.45) is 2.06. The third kappa shape index (κ3) is 1.77. The van der Waals surface area contributed by atoms with Gasteiger partial charge in [-0.3, -0.25) is 0 Å². The number of azo groups is 1. The van der Waals surface area contributed by atoms with E-state index in [4.69, 9.17) is 4.74 Å². The highest BCUT2D eigenvalue weighted by atomic mass is 16.5. The summed E-state index contributed by atoms with van der Waals surface area (Å²) < 4.78 is 5.12. The predicted molar refractivity (Wildman–Crippen MR) is 59.0 cm³/mol. The normalized spacial score (nSPS) is 24.1. The highest BCUT2D eigenvalue weighted by Gasteiger charge is 2.27. The lowest BCUT2D eigenvalue weighted by molar-refractivity contribution is 0.414. The molecule has 2 rings (SSSR count). The van der Waals surface area contributed by atoms with Gasteiger partial charge in [0.15, 0.2) is 0 Å². The Bertz CT molecular complexity index is 420. The maximum absolute atomic E-state index is 5.12. The van der Waals surface area contributed by atoms with Crippen molar-refractivity contribution in [2.24, 2.45) is 10.2 Å². The smallest absolute Gasteiger partial charge is 0.124 e. The number of rotatable bonds is 2. The highest BCUT2D eigenvalue weighted by Crippen LogP contribution is 2.34. The standard InChI is InChI=1S/C12H14N2O/c1-9-8-12(2,14-13-9)10-4-6-11(15-3)7-5-10/h4-8H,1-3H3/t12-/m1/s1. The summed E-state index contributed by atoms with van der Waals surface area (Å²) in [5, 5.41) is 8.33. The van der Waals surface area contributed by atoms with Crippen LogP contribution in [0.15, 0.2) is 46.3 Å². The van der Waals surface area contributed by atoms with Crippen molar-refractivity contribution in [3.05, 3.63) is 41.6 Å². The van der Waals surface area contributed by atoms with Crippen LogP contribution in [0.4, 0.5) is 0 Å². The Morgan fingerprint density at radius 3 is 2.33 bits per heavy atom. The molecule has 78 valence electrons. The molecular weight excluding hydrogens is 188 g/mol. The summed E-state index contributed by atoms with van der Waals surface area (Å²) in [4.78, 5) is 0. The molecule has 1 aromatic rings. The van der Waals surface area contributed by atoms with Gasteiger partial charge in [-0.2, -0.15) is 10.2 Å². The Labute approximate surface area is 89.5 Å². The van der Waals surface area contributed by atoms with Crippen molar-refractivity contribution < 1.29 is 4.74 Å². The Morgan fingerprint density at radius 2 is 1.87 bits per heavy atom. The van der Waals surface area contributed by atoms with Gasteiger partial charge in [0.2, 0.25) is 0 Å². The number of hydrogen-bond donors (Lipinski definition) is 0. The number of allylic oxidation sites excluding steroid dienone is 1. The molecule has 0 N–H and O–H groups in total. The number of ether oxygens (including phenoxy) is 1. The Balaban J connectivity index is 2.34. The molecule has 0 radical (unpaired) electrons. The number of hydrogen-bond acceptors (Lipinski definition) is 3. The zero-order valence-corrected chi connectivity index (χ0v) is 9.19. The Morgan fingerprint density at radius 1 is 1.20 bits per heavy atom. The molecule has 1 aliphatic heterocycles. The van der Waals surface area contributed by atoms with Gasteiger partial charge in [0.05, 0.1) is 12.8 Å². The van der Waals surface area contributed by atoms with Gasteiger partial charge in [-0.1, -0.05) is 12.1 Å². The summed E-state index contributed by atoms with van der Waals surface area (Å²) in [5.74, 6) is 0.859. The van der Waals surface area contributed by atoms with E-state index in [1.807, 2.05) is 31.2 Å². The van der Waals surface area contributed by atoms with E-state index >= 15 is 0 Å². The molecular formula is C12H14N2O. The largest absolute Gasteiger partial charge is 0.497 e. The average molecular weight is 202 g/mol. The monoisotopic (exact) mass is 202 g/mol. The van der Waals surface area contributed by atoms with Gasteiger partial charge >= 0.3 is 0 Å². The van der Waals surface area contributed by atoms with Crippen molar-refractivity contribution >= 4 is 0 Å². The van der Waals surface area contributed by atoms with E-state index in [1.54, 1.807) is 7.11 Å². The molecule has 0 saturated carbocycles. The third-order valence-electron chi connectivity index (χ3n) is 2.58. The minimum atomic E-state index is -0.309. The number of methoxy groups -OCH3 is 1. The summed E-state index contributed by atoms with van der Waals surface area (Å²) in [5.41, 5.74) is 1.79. The summed E-state index contributed by atoms with van der Waals surface area (Å²) in [6.45, 7) is 4.01. The maximum atomic E-state index is 5.12. The Kier molecular flexibility index (Phi) is 2.31. The van der Waals surface area contributed by atoms with Crippen LogP contribution in [-0.4, -0.2) is 7.11 Å². The van der Waals surface area contributed by atoms with Gasteiger partial charge in [0.25, 0.3) is 0 Å². The average Bonchev–Trinajstić information content (AvgIpc) is 2.60. The second-order valence-electron chi connectivity index (χ2n) is 3.86. The second-order valence-corrected chi connectivity index (χ2v) is 3.86. The molecule has 0 amide bonds. The van der Waals surface area contributed by atoms with E-state index in [1.165, 1.54) is 0 Å². The SMILES string of the molecule is COc1ccc([C@@]2(C)C=C(C)N=N2)cc1. The van der Waals surface area contributed by atoms with Crippen LogP contribution in [0.3, 0.4) is 0 Å². The van der Waals surface area contributed by atoms with Crippen LogP contribution in [0.1, 0.15) is 19.4 Å². The quantitative estimate of drug-likeness (QED) is 0.724. The van der Waals surface area contributed by atoms with Crippen molar-refractivity contribution in [1.82, 2.24) is 0 Å². The minimum absolute atomic E-state index is 0.309. The summed E-state index contributed by atoms with van der Waals surface area (Å²) in [7, 11) is 1.66. The zero-order chi connectivity index (χ0) is 10.9. The fourth-order valence-corrected chi connectivity index (χ4v) is 1.72. The molecule has 0 spiro atoms. The van der Waals surface area contributed by atoms with Crippen LogP contribution in [0, 0.1) is 0 Å². The first-order valence-corrected chi connectivity index (χ1v) is 4.91. The van der Waals surface area contributed by atoms with Gasteiger partial charge in [-0.15, -0.1) is 0 Å². The van der Waals surface area contributed by atoms with Crippen LogP contribution in [0.2, 0.25) is 0 Å². The lowest BCUT2D eigenvalue weighted by Crippen LogP contribution is -2.12. The second kappa shape index (κ2) is 3.50. The van der Waals surface area contributed by atoms with E-state index < -0.39 is 0 Å². The lowest BCUT2D eigenvalue weighted by atomic mass is 9.93. The molecule has 0 fully saturated rings. The van der Waals surface area contributed by atoms with Gasteiger partial charge in [-0.05, 0) is 37.6 Å². The molecule has 3 heteroatoms. The van der Waals surface area contributed by atoms with Gasteiger partial charge in [0.1, 0.15) is 11.3 Å². The summed E-state index contributed by atoms with van der Waals surface area (Å²) in [6, 6.07) is 7.93. The van der Waals surface area contributed by atoms with Crippen molar-refractivity contribution in [2.75, 3.05) is 7.11 Å². The van der Waals surface area contributed by atoms with Gasteiger partial charge in [-0.25, -0.2) is 0 Å². The van der Waals surface area contributed by atoms with Crippen LogP contribution in [-0.2, 0) is 5.54 Å². The van der Waals surface area contributed by atoms with E-state index in [-0.39, 0.29) is 5.54 Å². The maximum Gasteiger partial charge on any atom is 0.124 e. The summed E-state index contributed by atoms with van der Waals surface area (Å²) >= 11 is 0. The predicted octanol–water partition coefficient (Wildman–Crippen LogP) is 3.28. The first-order chi connectivity index (χ1) is 7.14. The molecule has 1 heterocycles. The van der Waals surface area contributed by atoms with E-state index in [9.17, 15) is 0 Å². The van der Waals surface area contributed by atoms with E-state index in [0.29, 0.717) is 0 Å². The van der Waals surface area contributed by atoms with E-state index in [0.717, 1.165) is 17.0 Å². The molecule has 1 aliphatic rings. The van der Waals surface area contributed by atoms with Gasteiger partial charge < -0.3 is 4.74 Å². The molecule has 1 aromatic carbocycles. The molecule has 0 saturated heterocycles. The Hall–Kier alpha value is -1.64. The molecule has 0 unspecified atom stereocenters. The molecule has 0 aliphatic carbocycles. The topological polar surface area (TPSA) is 34.0 Å².